The van der Waals surface area contributed by atoms with E-state index in [1.807, 2.05) is 0 Å². The van der Waals surface area contributed by atoms with Gasteiger partial charge in [-0.05, 0) is 28.9 Å². The monoisotopic (exact) mass is 275 g/mol. The lowest BCUT2D eigenvalue weighted by atomic mass is 10.3. The molecule has 0 saturated carbocycles. The van der Waals surface area contributed by atoms with Crippen LogP contribution in [0.2, 0.25) is 0 Å². The predicted octanol–water partition coefficient (Wildman–Crippen LogP) is 1.53. The SMILES string of the molecule is CNC(=O)C(C)Nc1ncc(Br)cc1F. The Morgan fingerprint density at radius 2 is 2.33 bits per heavy atom. The Morgan fingerprint density at radius 1 is 1.67 bits per heavy atom. The van der Waals surface area contributed by atoms with E-state index >= 15 is 0 Å². The van der Waals surface area contributed by atoms with E-state index in [2.05, 4.69) is 31.5 Å². The number of carbonyl (C=O) groups excluding carboxylic acids is 1. The van der Waals surface area contributed by atoms with E-state index in [4.69, 9.17) is 0 Å². The van der Waals surface area contributed by atoms with Crippen molar-refractivity contribution in [2.75, 3.05) is 12.4 Å². The number of rotatable bonds is 3. The Morgan fingerprint density at radius 3 is 2.87 bits per heavy atom. The van der Waals surface area contributed by atoms with Crippen molar-refractivity contribution in [3.63, 3.8) is 0 Å². The van der Waals surface area contributed by atoms with E-state index in [1.165, 1.54) is 19.3 Å². The normalized spacial score (nSPS) is 12.0. The van der Waals surface area contributed by atoms with Crippen LogP contribution in [-0.4, -0.2) is 24.0 Å². The molecule has 1 unspecified atom stereocenters. The van der Waals surface area contributed by atoms with Gasteiger partial charge >= 0.3 is 0 Å². The highest BCUT2D eigenvalue weighted by Gasteiger charge is 2.13. The zero-order chi connectivity index (χ0) is 11.4. The molecule has 6 heteroatoms. The van der Waals surface area contributed by atoms with Crippen LogP contribution in [0.15, 0.2) is 16.7 Å². The van der Waals surface area contributed by atoms with E-state index in [-0.39, 0.29) is 11.7 Å². The van der Waals surface area contributed by atoms with E-state index in [9.17, 15) is 9.18 Å². The molecule has 1 atom stereocenters. The molecule has 0 aromatic carbocycles. The van der Waals surface area contributed by atoms with E-state index in [0.29, 0.717) is 4.47 Å². The van der Waals surface area contributed by atoms with Gasteiger partial charge in [-0.3, -0.25) is 4.79 Å². The Bertz CT molecular complexity index is 372. The third-order valence-corrected chi connectivity index (χ3v) is 2.23. The maximum atomic E-state index is 13.3. The van der Waals surface area contributed by atoms with Crippen LogP contribution in [0.4, 0.5) is 10.2 Å². The highest BCUT2D eigenvalue weighted by atomic mass is 79.9. The molecule has 15 heavy (non-hydrogen) atoms. The first kappa shape index (κ1) is 11.9. The summed E-state index contributed by atoms with van der Waals surface area (Å²) in [5, 5.41) is 5.12. The van der Waals surface area contributed by atoms with Crippen LogP contribution in [0.25, 0.3) is 0 Å². The number of halogens is 2. The van der Waals surface area contributed by atoms with Crippen molar-refractivity contribution >= 4 is 27.7 Å². The molecule has 82 valence electrons. The van der Waals surface area contributed by atoms with Crippen LogP contribution in [-0.2, 0) is 4.79 Å². The molecule has 1 amide bonds. The molecule has 0 bridgehead atoms. The Hall–Kier alpha value is -1.17. The lowest BCUT2D eigenvalue weighted by Crippen LogP contribution is -2.35. The quantitative estimate of drug-likeness (QED) is 0.880. The van der Waals surface area contributed by atoms with Gasteiger partial charge in [0.25, 0.3) is 0 Å². The summed E-state index contributed by atoms with van der Waals surface area (Å²) in [6.45, 7) is 1.63. The fourth-order valence-electron chi connectivity index (χ4n) is 1.01. The van der Waals surface area contributed by atoms with Crippen LogP contribution in [0.5, 0.6) is 0 Å². The first-order valence-electron chi connectivity index (χ1n) is 4.33. The third-order valence-electron chi connectivity index (χ3n) is 1.80. The summed E-state index contributed by atoms with van der Waals surface area (Å²) in [6.07, 6.45) is 1.46. The largest absolute Gasteiger partial charge is 0.357 e. The van der Waals surface area contributed by atoms with Crippen LogP contribution in [0, 0.1) is 5.82 Å². The number of aromatic nitrogens is 1. The highest BCUT2D eigenvalue weighted by molar-refractivity contribution is 9.10. The van der Waals surface area contributed by atoms with Crippen LogP contribution >= 0.6 is 15.9 Å². The van der Waals surface area contributed by atoms with Gasteiger partial charge in [0.2, 0.25) is 5.91 Å². The second-order valence-corrected chi connectivity index (χ2v) is 3.88. The minimum Gasteiger partial charge on any atom is -0.357 e. The number of amides is 1. The Labute approximate surface area is 95.4 Å². The number of carbonyl (C=O) groups is 1. The molecule has 0 fully saturated rings. The summed E-state index contributed by atoms with van der Waals surface area (Å²) < 4.78 is 13.8. The summed E-state index contributed by atoms with van der Waals surface area (Å²) in [5.41, 5.74) is 0. The number of anilines is 1. The zero-order valence-electron chi connectivity index (χ0n) is 8.34. The van der Waals surface area contributed by atoms with Crippen LogP contribution in [0.1, 0.15) is 6.92 Å². The molecule has 0 aliphatic heterocycles. The molecule has 0 radical (unpaired) electrons. The van der Waals surface area contributed by atoms with Crippen molar-refractivity contribution in [3.8, 4) is 0 Å². The van der Waals surface area contributed by atoms with E-state index in [0.717, 1.165) is 0 Å². The maximum Gasteiger partial charge on any atom is 0.241 e. The number of hydrogen-bond acceptors (Lipinski definition) is 3. The average Bonchev–Trinajstić information content (AvgIpc) is 2.20. The number of likely N-dealkylation sites (N-methyl/N-ethyl adjacent to an activating group) is 1. The Balaban J connectivity index is 2.76. The molecular formula is C9H11BrFN3O. The van der Waals surface area contributed by atoms with Gasteiger partial charge in [-0.1, -0.05) is 0 Å². The standard InChI is InChI=1S/C9H11BrFN3O/c1-5(9(15)12-2)14-8-7(11)3-6(10)4-13-8/h3-5H,1-2H3,(H,12,15)(H,13,14). The topological polar surface area (TPSA) is 54.0 Å². The van der Waals surface area contributed by atoms with Crippen LogP contribution < -0.4 is 10.6 Å². The molecule has 0 spiro atoms. The smallest absolute Gasteiger partial charge is 0.241 e. The summed E-state index contributed by atoms with van der Waals surface area (Å²) in [7, 11) is 1.52. The number of hydrogen-bond donors (Lipinski definition) is 2. The fraction of sp³-hybridized carbons (Fsp3) is 0.333. The van der Waals surface area contributed by atoms with Gasteiger partial charge in [-0.15, -0.1) is 0 Å². The van der Waals surface area contributed by atoms with E-state index in [1.54, 1.807) is 6.92 Å². The lowest BCUT2D eigenvalue weighted by Gasteiger charge is -2.13. The minimum atomic E-state index is -0.529. The van der Waals surface area contributed by atoms with Crippen molar-refractivity contribution in [2.24, 2.45) is 0 Å². The van der Waals surface area contributed by atoms with Crippen molar-refractivity contribution in [1.82, 2.24) is 10.3 Å². The second-order valence-electron chi connectivity index (χ2n) is 2.96. The van der Waals surface area contributed by atoms with Crippen molar-refractivity contribution in [2.45, 2.75) is 13.0 Å². The summed E-state index contributed by atoms with van der Waals surface area (Å²) in [4.78, 5) is 15.0. The second kappa shape index (κ2) is 5.06. The van der Waals surface area contributed by atoms with Crippen LogP contribution in [0.3, 0.4) is 0 Å². The number of nitrogens with one attached hydrogen (secondary N) is 2. The number of pyridine rings is 1. The lowest BCUT2D eigenvalue weighted by molar-refractivity contribution is -0.121. The molecule has 1 heterocycles. The molecule has 1 aromatic rings. The first-order chi connectivity index (χ1) is 7.04. The molecule has 2 N–H and O–H groups in total. The van der Waals surface area contributed by atoms with Gasteiger partial charge < -0.3 is 10.6 Å². The first-order valence-corrected chi connectivity index (χ1v) is 5.13. The van der Waals surface area contributed by atoms with Gasteiger partial charge in [0.1, 0.15) is 6.04 Å². The van der Waals surface area contributed by atoms with Gasteiger partial charge in [-0.2, -0.15) is 0 Å². The van der Waals surface area contributed by atoms with Crippen molar-refractivity contribution in [1.29, 1.82) is 0 Å². The van der Waals surface area contributed by atoms with Gasteiger partial charge in [0, 0.05) is 17.7 Å². The Kier molecular flexibility index (Phi) is 4.02. The zero-order valence-corrected chi connectivity index (χ0v) is 9.93. The van der Waals surface area contributed by atoms with Gasteiger partial charge in [0.05, 0.1) is 0 Å². The molecular weight excluding hydrogens is 265 g/mol. The summed E-state index contributed by atoms with van der Waals surface area (Å²) in [5.74, 6) is -0.659. The maximum absolute atomic E-state index is 13.3. The average molecular weight is 276 g/mol. The van der Waals surface area contributed by atoms with Gasteiger partial charge in [-0.25, -0.2) is 9.37 Å². The molecule has 1 aromatic heterocycles. The highest BCUT2D eigenvalue weighted by Crippen LogP contribution is 2.16. The predicted molar refractivity (Wildman–Crippen MR) is 59.0 cm³/mol. The molecule has 0 saturated heterocycles. The molecule has 1 rings (SSSR count). The van der Waals surface area contributed by atoms with E-state index < -0.39 is 11.9 Å². The molecule has 0 aliphatic carbocycles. The molecule has 4 nitrogen and oxygen atoms in total. The summed E-state index contributed by atoms with van der Waals surface area (Å²) in [6, 6.07) is 0.754. The van der Waals surface area contributed by atoms with Crippen molar-refractivity contribution < 1.29 is 9.18 Å². The van der Waals surface area contributed by atoms with Gasteiger partial charge in [0.15, 0.2) is 11.6 Å². The molecule has 0 aliphatic rings. The third kappa shape index (κ3) is 3.16. The number of nitrogens with zero attached hydrogens (tertiary/aromatic N) is 1. The summed E-state index contributed by atoms with van der Waals surface area (Å²) >= 11 is 3.10. The fourth-order valence-corrected chi connectivity index (χ4v) is 1.31. The minimum absolute atomic E-state index is 0.0642. The van der Waals surface area contributed by atoms with Crippen molar-refractivity contribution in [3.05, 3.63) is 22.6 Å².